The van der Waals surface area contributed by atoms with Gasteiger partial charge in [0.15, 0.2) is 0 Å². The van der Waals surface area contributed by atoms with E-state index < -0.39 is 0 Å². The SMILES string of the molecule is NCCC1CN(C(=O)c2cccc(-c3ccc(Cl)cn3)c2)CCO1. The summed E-state index contributed by atoms with van der Waals surface area (Å²) >= 11 is 5.88. The topological polar surface area (TPSA) is 68.5 Å². The van der Waals surface area contributed by atoms with E-state index in [1.54, 1.807) is 12.3 Å². The summed E-state index contributed by atoms with van der Waals surface area (Å²) in [5, 5.41) is 0.588. The molecule has 0 radical (unpaired) electrons. The van der Waals surface area contributed by atoms with Gasteiger partial charge in [0, 0.05) is 30.4 Å². The largest absolute Gasteiger partial charge is 0.374 e. The van der Waals surface area contributed by atoms with Crippen molar-refractivity contribution in [2.24, 2.45) is 5.73 Å². The minimum atomic E-state index is 0.0103. The Morgan fingerprint density at radius 3 is 3.00 bits per heavy atom. The van der Waals surface area contributed by atoms with E-state index in [-0.39, 0.29) is 12.0 Å². The molecule has 1 amide bonds. The molecule has 1 atom stereocenters. The molecule has 24 heavy (non-hydrogen) atoms. The van der Waals surface area contributed by atoms with Gasteiger partial charge in [0.05, 0.1) is 23.4 Å². The molecule has 2 N–H and O–H groups in total. The van der Waals surface area contributed by atoms with Crippen molar-refractivity contribution >= 4 is 17.5 Å². The zero-order chi connectivity index (χ0) is 16.9. The van der Waals surface area contributed by atoms with Crippen LogP contribution in [-0.2, 0) is 4.74 Å². The molecule has 3 rings (SSSR count). The van der Waals surface area contributed by atoms with Crippen molar-refractivity contribution in [2.75, 3.05) is 26.2 Å². The second-order valence-corrected chi connectivity index (χ2v) is 6.20. The summed E-state index contributed by atoms with van der Waals surface area (Å²) in [6, 6.07) is 11.1. The van der Waals surface area contributed by atoms with E-state index in [1.807, 2.05) is 35.2 Å². The molecule has 1 aromatic heterocycles. The number of ether oxygens (including phenoxy) is 1. The molecule has 1 aliphatic heterocycles. The zero-order valence-corrected chi connectivity index (χ0v) is 14.1. The highest BCUT2D eigenvalue weighted by molar-refractivity contribution is 6.30. The normalized spacial score (nSPS) is 17.8. The molecule has 1 aromatic carbocycles. The zero-order valence-electron chi connectivity index (χ0n) is 13.3. The Labute approximate surface area is 146 Å². The summed E-state index contributed by atoms with van der Waals surface area (Å²) in [6.07, 6.45) is 2.39. The Bertz CT molecular complexity index is 704. The number of morpholine rings is 1. The number of halogens is 1. The number of aromatic nitrogens is 1. The fourth-order valence-electron chi connectivity index (χ4n) is 2.81. The van der Waals surface area contributed by atoms with Crippen LogP contribution in [0.3, 0.4) is 0 Å². The van der Waals surface area contributed by atoms with E-state index in [0.717, 1.165) is 17.7 Å². The summed E-state index contributed by atoms with van der Waals surface area (Å²) in [5.74, 6) is 0.0103. The Morgan fingerprint density at radius 1 is 1.38 bits per heavy atom. The van der Waals surface area contributed by atoms with Crippen LogP contribution in [0.5, 0.6) is 0 Å². The molecule has 5 nitrogen and oxygen atoms in total. The quantitative estimate of drug-likeness (QED) is 0.924. The van der Waals surface area contributed by atoms with Gasteiger partial charge in [0.25, 0.3) is 5.91 Å². The Kier molecular flexibility index (Phi) is 5.45. The van der Waals surface area contributed by atoms with Gasteiger partial charge in [-0.1, -0.05) is 23.7 Å². The highest BCUT2D eigenvalue weighted by Crippen LogP contribution is 2.21. The fourth-order valence-corrected chi connectivity index (χ4v) is 2.92. The van der Waals surface area contributed by atoms with Crippen LogP contribution in [0, 0.1) is 0 Å². The van der Waals surface area contributed by atoms with Gasteiger partial charge >= 0.3 is 0 Å². The van der Waals surface area contributed by atoms with Crippen molar-refractivity contribution in [1.82, 2.24) is 9.88 Å². The number of carbonyl (C=O) groups is 1. The van der Waals surface area contributed by atoms with Gasteiger partial charge in [-0.3, -0.25) is 9.78 Å². The van der Waals surface area contributed by atoms with E-state index in [1.165, 1.54) is 0 Å². The minimum absolute atomic E-state index is 0.0103. The van der Waals surface area contributed by atoms with Crippen molar-refractivity contribution in [1.29, 1.82) is 0 Å². The standard InChI is InChI=1S/C18H20ClN3O2/c19-15-4-5-17(21-11-15)13-2-1-3-14(10-13)18(23)22-8-9-24-16(12-22)6-7-20/h1-5,10-11,16H,6-9,12,20H2. The highest BCUT2D eigenvalue weighted by Gasteiger charge is 2.24. The van der Waals surface area contributed by atoms with Crippen LogP contribution in [0.1, 0.15) is 16.8 Å². The van der Waals surface area contributed by atoms with E-state index in [9.17, 15) is 4.79 Å². The van der Waals surface area contributed by atoms with Crippen LogP contribution < -0.4 is 5.73 Å². The summed E-state index contributed by atoms with van der Waals surface area (Å²) < 4.78 is 5.64. The maximum absolute atomic E-state index is 12.8. The molecule has 1 aliphatic rings. The van der Waals surface area contributed by atoms with E-state index in [2.05, 4.69) is 4.98 Å². The van der Waals surface area contributed by atoms with Crippen molar-refractivity contribution < 1.29 is 9.53 Å². The molecule has 0 bridgehead atoms. The molecule has 126 valence electrons. The fraction of sp³-hybridized carbons (Fsp3) is 0.333. The predicted octanol–water partition coefficient (Wildman–Crippen LogP) is 2.59. The lowest BCUT2D eigenvalue weighted by Gasteiger charge is -2.33. The van der Waals surface area contributed by atoms with Gasteiger partial charge < -0.3 is 15.4 Å². The van der Waals surface area contributed by atoms with Gasteiger partial charge in [0.1, 0.15) is 0 Å². The minimum Gasteiger partial charge on any atom is -0.374 e. The van der Waals surface area contributed by atoms with Crippen LogP contribution in [0.4, 0.5) is 0 Å². The Balaban J connectivity index is 1.78. The van der Waals surface area contributed by atoms with Crippen molar-refractivity contribution in [3.63, 3.8) is 0 Å². The third-order valence-corrected chi connectivity index (χ3v) is 4.27. The van der Waals surface area contributed by atoms with E-state index in [0.29, 0.717) is 36.8 Å². The number of nitrogens with two attached hydrogens (primary N) is 1. The first kappa shape index (κ1) is 16.9. The van der Waals surface area contributed by atoms with E-state index in [4.69, 9.17) is 22.1 Å². The molecule has 1 fully saturated rings. The molecule has 6 heteroatoms. The number of hydrogen-bond acceptors (Lipinski definition) is 4. The summed E-state index contributed by atoms with van der Waals surface area (Å²) in [4.78, 5) is 18.9. The summed E-state index contributed by atoms with van der Waals surface area (Å²) in [6.45, 7) is 2.29. The maximum atomic E-state index is 12.8. The maximum Gasteiger partial charge on any atom is 0.254 e. The lowest BCUT2D eigenvalue weighted by molar-refractivity contribution is -0.0236. The highest BCUT2D eigenvalue weighted by atomic mass is 35.5. The second-order valence-electron chi connectivity index (χ2n) is 5.76. The summed E-state index contributed by atoms with van der Waals surface area (Å²) in [5.41, 5.74) is 7.92. The third kappa shape index (κ3) is 3.93. The van der Waals surface area contributed by atoms with Crippen LogP contribution >= 0.6 is 11.6 Å². The molecular formula is C18H20ClN3O2. The average Bonchev–Trinajstić information content (AvgIpc) is 2.62. The van der Waals surface area contributed by atoms with Crippen molar-refractivity contribution in [3.8, 4) is 11.3 Å². The van der Waals surface area contributed by atoms with Crippen LogP contribution in [-0.4, -0.2) is 48.1 Å². The number of hydrogen-bond donors (Lipinski definition) is 1. The Morgan fingerprint density at radius 2 is 2.25 bits per heavy atom. The Hall–Kier alpha value is -1.95. The van der Waals surface area contributed by atoms with Crippen LogP contribution in [0.15, 0.2) is 42.6 Å². The molecule has 1 saturated heterocycles. The van der Waals surface area contributed by atoms with Gasteiger partial charge in [-0.15, -0.1) is 0 Å². The second kappa shape index (κ2) is 7.75. The summed E-state index contributed by atoms with van der Waals surface area (Å²) in [7, 11) is 0. The smallest absolute Gasteiger partial charge is 0.254 e. The number of benzene rings is 1. The monoisotopic (exact) mass is 345 g/mol. The average molecular weight is 346 g/mol. The number of amides is 1. The van der Waals surface area contributed by atoms with Gasteiger partial charge in [0.2, 0.25) is 0 Å². The number of carbonyl (C=O) groups excluding carboxylic acids is 1. The number of nitrogens with zero attached hydrogens (tertiary/aromatic N) is 2. The first-order chi connectivity index (χ1) is 11.7. The molecule has 0 aliphatic carbocycles. The van der Waals surface area contributed by atoms with Gasteiger partial charge in [-0.25, -0.2) is 0 Å². The van der Waals surface area contributed by atoms with Crippen molar-refractivity contribution in [3.05, 3.63) is 53.2 Å². The predicted molar refractivity (Wildman–Crippen MR) is 94.0 cm³/mol. The van der Waals surface area contributed by atoms with Gasteiger partial charge in [-0.2, -0.15) is 0 Å². The molecule has 2 heterocycles. The number of pyridine rings is 1. The number of rotatable bonds is 4. The lowest BCUT2D eigenvalue weighted by Crippen LogP contribution is -2.46. The third-order valence-electron chi connectivity index (χ3n) is 4.05. The molecule has 2 aromatic rings. The van der Waals surface area contributed by atoms with Crippen LogP contribution in [0.2, 0.25) is 5.02 Å². The van der Waals surface area contributed by atoms with Crippen LogP contribution in [0.25, 0.3) is 11.3 Å². The van der Waals surface area contributed by atoms with Gasteiger partial charge in [-0.05, 0) is 37.2 Å². The van der Waals surface area contributed by atoms with Crippen molar-refractivity contribution in [2.45, 2.75) is 12.5 Å². The molecular weight excluding hydrogens is 326 g/mol. The molecule has 1 unspecified atom stereocenters. The first-order valence-corrected chi connectivity index (χ1v) is 8.38. The molecule has 0 saturated carbocycles. The van der Waals surface area contributed by atoms with E-state index >= 15 is 0 Å². The first-order valence-electron chi connectivity index (χ1n) is 8.00. The molecule has 0 spiro atoms. The lowest BCUT2D eigenvalue weighted by atomic mass is 10.1.